The fourth-order valence-electron chi connectivity index (χ4n) is 0.682. The molecule has 0 saturated heterocycles. The van der Waals surface area contributed by atoms with Gasteiger partial charge in [0.05, 0.1) is 0 Å². The smallest absolute Gasteiger partial charge is 0.221 e. The van der Waals surface area contributed by atoms with Crippen LogP contribution in [0.2, 0.25) is 0 Å². The van der Waals surface area contributed by atoms with Crippen LogP contribution in [-0.4, -0.2) is 19.0 Å². The van der Waals surface area contributed by atoms with Gasteiger partial charge in [-0.15, -0.1) is 0 Å². The van der Waals surface area contributed by atoms with Gasteiger partial charge in [0.1, 0.15) is 0 Å². The van der Waals surface area contributed by atoms with Gasteiger partial charge in [-0.1, -0.05) is 20.8 Å². The summed E-state index contributed by atoms with van der Waals surface area (Å²) in [6.45, 7) is 7.56. The van der Waals surface area contributed by atoms with E-state index in [1.807, 2.05) is 0 Å². The summed E-state index contributed by atoms with van der Waals surface area (Å²) >= 11 is 0. The summed E-state index contributed by atoms with van der Waals surface area (Å²) in [6, 6.07) is 0. The average molecular weight is 172 g/mol. The Labute approximate surface area is 74.7 Å². The standard InChI is InChI=1S/C9H20N2O/c1-4-9(2,3)7-11-8(12)5-6-10/h4-7,10H2,1-3H3,(H,11,12). The first-order chi connectivity index (χ1) is 5.52. The lowest BCUT2D eigenvalue weighted by Crippen LogP contribution is -2.34. The number of rotatable bonds is 5. The predicted molar refractivity (Wildman–Crippen MR) is 50.8 cm³/mol. The summed E-state index contributed by atoms with van der Waals surface area (Å²) < 4.78 is 0. The third-order valence-corrected chi connectivity index (χ3v) is 2.09. The molecule has 0 rings (SSSR count). The van der Waals surface area contributed by atoms with Crippen molar-refractivity contribution in [2.75, 3.05) is 13.1 Å². The molecule has 0 fully saturated rings. The number of hydrogen-bond acceptors (Lipinski definition) is 2. The quantitative estimate of drug-likeness (QED) is 0.647. The van der Waals surface area contributed by atoms with Crippen LogP contribution < -0.4 is 11.1 Å². The van der Waals surface area contributed by atoms with Crippen LogP contribution in [0.4, 0.5) is 0 Å². The zero-order valence-corrected chi connectivity index (χ0v) is 8.31. The van der Waals surface area contributed by atoms with Crippen LogP contribution in [0.15, 0.2) is 0 Å². The summed E-state index contributed by atoms with van der Waals surface area (Å²) in [5.74, 6) is 0.0547. The molecule has 0 spiro atoms. The zero-order chi connectivity index (χ0) is 9.61. The Morgan fingerprint density at radius 3 is 2.50 bits per heavy atom. The van der Waals surface area contributed by atoms with E-state index in [0.29, 0.717) is 13.0 Å². The molecule has 3 heteroatoms. The topological polar surface area (TPSA) is 55.1 Å². The molecule has 0 unspecified atom stereocenters. The highest BCUT2D eigenvalue weighted by Gasteiger charge is 2.15. The lowest BCUT2D eigenvalue weighted by atomic mass is 9.90. The van der Waals surface area contributed by atoms with E-state index in [1.165, 1.54) is 0 Å². The summed E-state index contributed by atoms with van der Waals surface area (Å²) in [6.07, 6.45) is 1.50. The minimum absolute atomic E-state index is 0.0547. The number of nitrogens with two attached hydrogens (primary N) is 1. The molecule has 0 aliphatic heterocycles. The van der Waals surface area contributed by atoms with Crippen LogP contribution in [0.3, 0.4) is 0 Å². The lowest BCUT2D eigenvalue weighted by molar-refractivity contribution is -0.121. The Kier molecular flexibility index (Phi) is 4.90. The monoisotopic (exact) mass is 172 g/mol. The van der Waals surface area contributed by atoms with Crippen LogP contribution in [0, 0.1) is 5.41 Å². The highest BCUT2D eigenvalue weighted by atomic mass is 16.1. The van der Waals surface area contributed by atoms with Crippen molar-refractivity contribution in [3.8, 4) is 0 Å². The summed E-state index contributed by atoms with van der Waals surface area (Å²) in [5, 5.41) is 2.86. The number of carbonyl (C=O) groups is 1. The molecule has 0 saturated carbocycles. The van der Waals surface area contributed by atoms with E-state index >= 15 is 0 Å². The third kappa shape index (κ3) is 5.13. The first-order valence-corrected chi connectivity index (χ1v) is 4.48. The lowest BCUT2D eigenvalue weighted by Gasteiger charge is -2.22. The number of carbonyl (C=O) groups excluding carboxylic acids is 1. The van der Waals surface area contributed by atoms with Gasteiger partial charge >= 0.3 is 0 Å². The van der Waals surface area contributed by atoms with Crippen LogP contribution in [0.1, 0.15) is 33.6 Å². The van der Waals surface area contributed by atoms with Gasteiger partial charge in [0.15, 0.2) is 0 Å². The molecule has 0 aromatic rings. The first kappa shape index (κ1) is 11.4. The molecule has 72 valence electrons. The van der Waals surface area contributed by atoms with Crippen LogP contribution in [0.25, 0.3) is 0 Å². The molecule has 0 atom stereocenters. The maximum absolute atomic E-state index is 11.0. The van der Waals surface area contributed by atoms with Crippen molar-refractivity contribution in [2.24, 2.45) is 11.1 Å². The molecule has 3 N–H and O–H groups in total. The molecule has 0 aromatic heterocycles. The number of nitrogens with one attached hydrogen (secondary N) is 1. The van der Waals surface area contributed by atoms with Gasteiger partial charge in [0, 0.05) is 19.5 Å². The van der Waals surface area contributed by atoms with Crippen molar-refractivity contribution >= 4 is 5.91 Å². The van der Waals surface area contributed by atoms with E-state index in [9.17, 15) is 4.79 Å². The molecule has 0 aliphatic rings. The van der Waals surface area contributed by atoms with Gasteiger partial charge in [-0.25, -0.2) is 0 Å². The van der Waals surface area contributed by atoms with E-state index < -0.39 is 0 Å². The maximum atomic E-state index is 11.0. The molecule has 0 aromatic carbocycles. The molecule has 0 radical (unpaired) electrons. The van der Waals surface area contributed by atoms with Crippen LogP contribution >= 0.6 is 0 Å². The Morgan fingerprint density at radius 2 is 2.08 bits per heavy atom. The highest BCUT2D eigenvalue weighted by molar-refractivity contribution is 5.76. The summed E-state index contributed by atoms with van der Waals surface area (Å²) in [5.41, 5.74) is 5.44. The molecule has 0 bridgehead atoms. The average Bonchev–Trinajstić information content (AvgIpc) is 2.02. The minimum atomic E-state index is 0.0547. The van der Waals surface area contributed by atoms with Crippen LogP contribution in [-0.2, 0) is 4.79 Å². The van der Waals surface area contributed by atoms with E-state index in [2.05, 4.69) is 26.1 Å². The molecule has 0 aliphatic carbocycles. The largest absolute Gasteiger partial charge is 0.356 e. The molecular formula is C9H20N2O. The van der Waals surface area contributed by atoms with E-state index in [1.54, 1.807) is 0 Å². The zero-order valence-electron chi connectivity index (χ0n) is 8.31. The fourth-order valence-corrected chi connectivity index (χ4v) is 0.682. The van der Waals surface area contributed by atoms with Crippen molar-refractivity contribution < 1.29 is 4.79 Å². The van der Waals surface area contributed by atoms with Gasteiger partial charge in [-0.2, -0.15) is 0 Å². The third-order valence-electron chi connectivity index (χ3n) is 2.09. The summed E-state index contributed by atoms with van der Waals surface area (Å²) in [7, 11) is 0. The van der Waals surface area contributed by atoms with Gasteiger partial charge in [0.2, 0.25) is 5.91 Å². The summed E-state index contributed by atoms with van der Waals surface area (Å²) in [4.78, 5) is 11.0. The Balaban J connectivity index is 3.60. The van der Waals surface area contributed by atoms with E-state index in [0.717, 1.165) is 13.0 Å². The second-order valence-corrected chi connectivity index (χ2v) is 3.83. The van der Waals surface area contributed by atoms with Crippen molar-refractivity contribution in [3.05, 3.63) is 0 Å². The van der Waals surface area contributed by atoms with Gasteiger partial charge in [0.25, 0.3) is 0 Å². The maximum Gasteiger partial charge on any atom is 0.221 e. The van der Waals surface area contributed by atoms with Gasteiger partial charge in [-0.05, 0) is 11.8 Å². The molecule has 3 nitrogen and oxygen atoms in total. The second kappa shape index (κ2) is 5.14. The van der Waals surface area contributed by atoms with Gasteiger partial charge < -0.3 is 11.1 Å². The van der Waals surface area contributed by atoms with Crippen molar-refractivity contribution in [2.45, 2.75) is 33.6 Å². The van der Waals surface area contributed by atoms with Crippen molar-refractivity contribution in [1.29, 1.82) is 0 Å². The first-order valence-electron chi connectivity index (χ1n) is 4.48. The molecule has 0 heterocycles. The van der Waals surface area contributed by atoms with Gasteiger partial charge in [-0.3, -0.25) is 4.79 Å². The highest BCUT2D eigenvalue weighted by Crippen LogP contribution is 2.17. The number of hydrogen-bond donors (Lipinski definition) is 2. The minimum Gasteiger partial charge on any atom is -0.356 e. The second-order valence-electron chi connectivity index (χ2n) is 3.83. The normalized spacial score (nSPS) is 11.3. The Hall–Kier alpha value is -0.570. The number of amides is 1. The Bertz CT molecular complexity index is 143. The van der Waals surface area contributed by atoms with E-state index in [4.69, 9.17) is 5.73 Å². The predicted octanol–water partition coefficient (Wildman–Crippen LogP) is 0.888. The fraction of sp³-hybridized carbons (Fsp3) is 0.889. The SMILES string of the molecule is CCC(C)(C)CNC(=O)CCN. The molecular weight excluding hydrogens is 152 g/mol. The van der Waals surface area contributed by atoms with E-state index in [-0.39, 0.29) is 11.3 Å². The van der Waals surface area contributed by atoms with Crippen molar-refractivity contribution in [3.63, 3.8) is 0 Å². The Morgan fingerprint density at radius 1 is 1.50 bits per heavy atom. The van der Waals surface area contributed by atoms with Crippen molar-refractivity contribution in [1.82, 2.24) is 5.32 Å². The van der Waals surface area contributed by atoms with Crippen LogP contribution in [0.5, 0.6) is 0 Å². The molecule has 12 heavy (non-hydrogen) atoms. The molecule has 1 amide bonds.